The van der Waals surface area contributed by atoms with Gasteiger partial charge in [0.25, 0.3) is 0 Å². The first-order valence-corrected chi connectivity index (χ1v) is 10.7. The zero-order valence-corrected chi connectivity index (χ0v) is 18.7. The predicted octanol–water partition coefficient (Wildman–Crippen LogP) is 0.912. The molecule has 0 saturated carbocycles. The lowest BCUT2D eigenvalue weighted by atomic mass is 10.2. The summed E-state index contributed by atoms with van der Waals surface area (Å²) in [4.78, 5) is 21.4. The van der Waals surface area contributed by atoms with Crippen LogP contribution >= 0.6 is 0 Å². The Kier molecular flexibility index (Phi) is 7.81. The number of nitrogens with zero attached hydrogens (tertiary/aromatic N) is 5. The normalized spacial score (nSPS) is 11.0. The zero-order valence-electron chi connectivity index (χ0n) is 17.8. The Morgan fingerprint density at radius 1 is 1.06 bits per heavy atom. The smallest absolute Gasteiger partial charge is 0.223 e. The van der Waals surface area contributed by atoms with Crippen molar-refractivity contribution in [3.63, 3.8) is 0 Å². The third-order valence-corrected chi connectivity index (χ3v) is 4.69. The number of nitrogens with two attached hydrogens (primary N) is 1. The maximum atomic E-state index is 10.9. The molecule has 0 bridgehead atoms. The summed E-state index contributed by atoms with van der Waals surface area (Å²) in [5, 5.41) is 3.19. The molecule has 0 aliphatic carbocycles. The predicted molar refractivity (Wildman–Crippen MR) is 119 cm³/mol. The largest absolute Gasteiger partial charge is 0.490 e. The number of hydrogen-bond donors (Lipinski definition) is 4. The molecule has 0 aromatic carbocycles. The average molecular weight is 461 g/mol. The molecular formula is C19H24N8O4S. The van der Waals surface area contributed by atoms with E-state index in [4.69, 9.17) is 15.2 Å². The van der Waals surface area contributed by atoms with E-state index in [1.54, 1.807) is 45.5 Å². The van der Waals surface area contributed by atoms with E-state index in [0.29, 0.717) is 53.4 Å². The summed E-state index contributed by atoms with van der Waals surface area (Å²) < 4.78 is 34.8. The van der Waals surface area contributed by atoms with E-state index >= 15 is 0 Å². The van der Waals surface area contributed by atoms with E-state index in [-0.39, 0.29) is 12.5 Å². The fourth-order valence-electron chi connectivity index (χ4n) is 2.77. The molecule has 4 N–H and O–H groups in total. The van der Waals surface area contributed by atoms with Crippen molar-refractivity contribution in [3.8, 4) is 17.1 Å². The second-order valence-electron chi connectivity index (χ2n) is 6.66. The summed E-state index contributed by atoms with van der Waals surface area (Å²) >= 11 is 0. The first-order chi connectivity index (χ1) is 15.4. The van der Waals surface area contributed by atoms with Gasteiger partial charge < -0.3 is 20.5 Å². The minimum atomic E-state index is -2.71. The first-order valence-electron chi connectivity index (χ1n) is 9.56. The van der Waals surface area contributed by atoms with Gasteiger partial charge in [0, 0.05) is 19.3 Å². The van der Waals surface area contributed by atoms with E-state index in [9.17, 15) is 8.42 Å². The van der Waals surface area contributed by atoms with Crippen LogP contribution in [0.5, 0.6) is 5.75 Å². The fraction of sp³-hybridized carbons (Fsp3) is 0.316. The summed E-state index contributed by atoms with van der Waals surface area (Å²) in [7, 11) is -1.13. The third-order valence-electron chi connectivity index (χ3n) is 4.28. The lowest BCUT2D eigenvalue weighted by Gasteiger charge is -2.14. The number of aromatic nitrogens is 5. The van der Waals surface area contributed by atoms with Crippen LogP contribution in [0.4, 0.5) is 17.5 Å². The molecule has 3 aromatic heterocycles. The van der Waals surface area contributed by atoms with Crippen molar-refractivity contribution in [1.29, 1.82) is 0 Å². The van der Waals surface area contributed by atoms with E-state index < -0.39 is 10.9 Å². The quantitative estimate of drug-likeness (QED) is 0.251. The second-order valence-corrected chi connectivity index (χ2v) is 7.49. The number of nitrogen functional groups attached to an aromatic ring is 1. The Balaban J connectivity index is 1.97. The lowest BCUT2D eigenvalue weighted by molar-refractivity contribution is 0.146. The van der Waals surface area contributed by atoms with Crippen molar-refractivity contribution < 1.29 is 17.9 Å². The summed E-state index contributed by atoms with van der Waals surface area (Å²) in [5.74, 6) is 1.81. The number of pyridine rings is 2. The molecule has 0 unspecified atom stereocenters. The van der Waals surface area contributed by atoms with E-state index in [1.165, 1.54) is 0 Å². The highest BCUT2D eigenvalue weighted by Gasteiger charge is 2.15. The number of hydrogen-bond acceptors (Lipinski definition) is 11. The molecule has 13 heteroatoms. The highest BCUT2D eigenvalue weighted by Crippen LogP contribution is 2.30. The van der Waals surface area contributed by atoms with Crippen LogP contribution in [-0.2, 0) is 22.2 Å². The Labute approximate surface area is 186 Å². The zero-order chi connectivity index (χ0) is 23.1. The molecule has 32 heavy (non-hydrogen) atoms. The number of aryl methyl sites for hydroxylation is 2. The molecule has 0 atom stereocenters. The SMILES string of the molecule is COCCOc1cnc(Nc2cnc(C)c(CN[SH](=O)=O)c2)c(-c2nc(C)nc(N)n2)c1. The van der Waals surface area contributed by atoms with Crippen molar-refractivity contribution in [2.24, 2.45) is 0 Å². The summed E-state index contributed by atoms with van der Waals surface area (Å²) in [5.41, 5.74) is 8.38. The van der Waals surface area contributed by atoms with Gasteiger partial charge in [-0.05, 0) is 31.5 Å². The molecule has 3 aromatic rings. The number of methoxy groups -OCH3 is 1. The highest BCUT2D eigenvalue weighted by atomic mass is 32.2. The molecule has 0 spiro atoms. The average Bonchev–Trinajstić information content (AvgIpc) is 2.74. The number of ether oxygens (including phenoxy) is 2. The van der Waals surface area contributed by atoms with Gasteiger partial charge in [-0.15, -0.1) is 0 Å². The van der Waals surface area contributed by atoms with Crippen LogP contribution in [0.25, 0.3) is 11.4 Å². The van der Waals surface area contributed by atoms with Gasteiger partial charge in [-0.1, -0.05) is 0 Å². The highest BCUT2D eigenvalue weighted by molar-refractivity contribution is 7.70. The van der Waals surface area contributed by atoms with Gasteiger partial charge >= 0.3 is 0 Å². The first kappa shape index (κ1) is 23.2. The standard InChI is InChI=1S/C19H24N8O4S/c1-11-13(8-23-32(28)29)6-14(9-21-11)26-17-16(18-24-12(2)25-19(20)27-18)7-15(10-22-17)31-5-4-30-3/h6-7,9-10,32H,4-5,8H2,1-3H3,(H,22,26)(H,23,28,29)(H2,20,24,25,27). The van der Waals surface area contributed by atoms with E-state index in [2.05, 4.69) is 35.0 Å². The maximum Gasteiger partial charge on any atom is 0.223 e. The summed E-state index contributed by atoms with van der Waals surface area (Å²) in [6.07, 6.45) is 3.18. The van der Waals surface area contributed by atoms with Crippen LogP contribution in [-0.4, -0.2) is 53.7 Å². The van der Waals surface area contributed by atoms with Crippen LogP contribution in [0.2, 0.25) is 0 Å². The molecule has 0 aliphatic rings. The third kappa shape index (κ3) is 6.29. The number of rotatable bonds is 10. The van der Waals surface area contributed by atoms with E-state index in [0.717, 1.165) is 5.56 Å². The van der Waals surface area contributed by atoms with Gasteiger partial charge in [0.1, 0.15) is 24.0 Å². The minimum Gasteiger partial charge on any atom is -0.490 e. The van der Waals surface area contributed by atoms with Crippen LogP contribution in [0, 0.1) is 13.8 Å². The lowest BCUT2D eigenvalue weighted by Crippen LogP contribution is -2.12. The Morgan fingerprint density at radius 3 is 2.59 bits per heavy atom. The van der Waals surface area contributed by atoms with Crippen LogP contribution in [0.3, 0.4) is 0 Å². The number of anilines is 3. The summed E-state index contributed by atoms with van der Waals surface area (Å²) in [6, 6.07) is 3.53. The second kappa shape index (κ2) is 10.7. The molecule has 170 valence electrons. The van der Waals surface area contributed by atoms with Gasteiger partial charge in [0.2, 0.25) is 16.8 Å². The Morgan fingerprint density at radius 2 is 1.88 bits per heavy atom. The van der Waals surface area contributed by atoms with Gasteiger partial charge in [0.05, 0.1) is 30.3 Å². The molecule has 0 amide bonds. The topological polar surface area (TPSA) is 167 Å². The molecular weight excluding hydrogens is 436 g/mol. The molecule has 0 fully saturated rings. The van der Waals surface area contributed by atoms with Crippen molar-refractivity contribution in [1.82, 2.24) is 29.6 Å². The molecule has 12 nitrogen and oxygen atoms in total. The molecule has 3 rings (SSSR count). The van der Waals surface area contributed by atoms with Crippen LogP contribution < -0.4 is 20.5 Å². The van der Waals surface area contributed by atoms with Crippen molar-refractivity contribution in [3.05, 3.63) is 41.6 Å². The molecule has 0 saturated heterocycles. The number of thiol groups is 1. The summed E-state index contributed by atoms with van der Waals surface area (Å²) in [6.45, 7) is 4.41. The van der Waals surface area contributed by atoms with Crippen molar-refractivity contribution >= 4 is 28.3 Å². The van der Waals surface area contributed by atoms with Gasteiger partial charge in [-0.25, -0.2) is 23.1 Å². The maximum absolute atomic E-state index is 10.9. The van der Waals surface area contributed by atoms with Crippen LogP contribution in [0.15, 0.2) is 24.5 Å². The van der Waals surface area contributed by atoms with Crippen molar-refractivity contribution in [2.75, 3.05) is 31.4 Å². The molecule has 0 aliphatic heterocycles. The molecule has 0 radical (unpaired) electrons. The Hall–Kier alpha value is -3.42. The van der Waals surface area contributed by atoms with Crippen LogP contribution in [0.1, 0.15) is 17.1 Å². The fourth-order valence-corrected chi connectivity index (χ4v) is 3.07. The van der Waals surface area contributed by atoms with Gasteiger partial charge in [-0.2, -0.15) is 9.97 Å². The molecule has 3 heterocycles. The van der Waals surface area contributed by atoms with E-state index in [1.807, 2.05) is 0 Å². The minimum absolute atomic E-state index is 0.0845. The van der Waals surface area contributed by atoms with Gasteiger partial charge in [-0.3, -0.25) is 4.98 Å². The number of nitrogens with one attached hydrogen (secondary N) is 2. The monoisotopic (exact) mass is 460 g/mol. The van der Waals surface area contributed by atoms with Crippen molar-refractivity contribution in [2.45, 2.75) is 20.4 Å². The Bertz CT molecular complexity index is 1140. The van der Waals surface area contributed by atoms with Gasteiger partial charge in [0.15, 0.2) is 5.82 Å².